The minimum Gasteiger partial charge on any atom is -0.339 e. The molecule has 1 fully saturated rings. The van der Waals surface area contributed by atoms with Gasteiger partial charge < -0.3 is 10.6 Å². The Morgan fingerprint density at radius 3 is 3.07 bits per heavy atom. The van der Waals surface area contributed by atoms with E-state index in [9.17, 15) is 4.79 Å². The number of rotatable bonds is 4. The van der Waals surface area contributed by atoms with Gasteiger partial charge in [-0.05, 0) is 38.2 Å². The van der Waals surface area contributed by atoms with Crippen molar-refractivity contribution in [3.05, 3.63) is 0 Å². The van der Waals surface area contributed by atoms with Crippen molar-refractivity contribution in [2.45, 2.75) is 38.3 Å². The fourth-order valence-electron chi connectivity index (χ4n) is 1.81. The van der Waals surface area contributed by atoms with Gasteiger partial charge in [-0.25, -0.2) is 0 Å². The van der Waals surface area contributed by atoms with E-state index in [-0.39, 0.29) is 11.9 Å². The van der Waals surface area contributed by atoms with Crippen LogP contribution in [0.25, 0.3) is 0 Å². The van der Waals surface area contributed by atoms with Gasteiger partial charge in [0.1, 0.15) is 0 Å². The van der Waals surface area contributed by atoms with Crippen molar-refractivity contribution in [2.75, 3.05) is 18.6 Å². The van der Waals surface area contributed by atoms with Crippen LogP contribution in [0.4, 0.5) is 0 Å². The predicted octanol–water partition coefficient (Wildman–Crippen LogP) is 1.08. The minimum absolute atomic E-state index is 0.143. The molecule has 0 aliphatic carbocycles. The molecule has 1 rings (SSSR count). The standard InChI is InChI=1S/C10H20N2OS/c1-8(5-7-14-2)12-6-3-4-9(11)10(12)13/h8-9H,3-7,11H2,1-2H3. The molecule has 2 unspecified atom stereocenters. The van der Waals surface area contributed by atoms with Crippen molar-refractivity contribution >= 4 is 17.7 Å². The number of amides is 1. The lowest BCUT2D eigenvalue weighted by molar-refractivity contribution is -0.137. The molecule has 2 atom stereocenters. The highest BCUT2D eigenvalue weighted by Crippen LogP contribution is 2.16. The zero-order chi connectivity index (χ0) is 10.6. The molecule has 1 amide bonds. The van der Waals surface area contributed by atoms with E-state index in [1.165, 1.54) is 0 Å². The number of nitrogens with zero attached hydrogens (tertiary/aromatic N) is 1. The van der Waals surface area contributed by atoms with Crippen LogP contribution in [0.1, 0.15) is 26.2 Å². The average Bonchev–Trinajstić information content (AvgIpc) is 2.18. The number of carbonyl (C=O) groups excluding carboxylic acids is 1. The van der Waals surface area contributed by atoms with Crippen molar-refractivity contribution in [1.82, 2.24) is 4.90 Å². The van der Waals surface area contributed by atoms with Crippen LogP contribution in [0.15, 0.2) is 0 Å². The molecule has 0 aromatic carbocycles. The lowest BCUT2D eigenvalue weighted by Gasteiger charge is -2.35. The van der Waals surface area contributed by atoms with E-state index < -0.39 is 0 Å². The fourth-order valence-corrected chi connectivity index (χ4v) is 2.39. The van der Waals surface area contributed by atoms with E-state index in [4.69, 9.17) is 5.73 Å². The number of nitrogens with two attached hydrogens (primary N) is 1. The monoisotopic (exact) mass is 216 g/mol. The maximum Gasteiger partial charge on any atom is 0.239 e. The maximum atomic E-state index is 11.7. The Hall–Kier alpha value is -0.220. The maximum absolute atomic E-state index is 11.7. The van der Waals surface area contributed by atoms with Crippen LogP contribution in [0.2, 0.25) is 0 Å². The van der Waals surface area contributed by atoms with E-state index in [2.05, 4.69) is 13.2 Å². The fraction of sp³-hybridized carbons (Fsp3) is 0.900. The van der Waals surface area contributed by atoms with E-state index in [0.717, 1.165) is 31.6 Å². The summed E-state index contributed by atoms with van der Waals surface area (Å²) >= 11 is 1.83. The van der Waals surface area contributed by atoms with Crippen molar-refractivity contribution in [3.8, 4) is 0 Å². The number of carbonyl (C=O) groups is 1. The molecule has 14 heavy (non-hydrogen) atoms. The van der Waals surface area contributed by atoms with Gasteiger partial charge in [0.25, 0.3) is 0 Å². The SMILES string of the molecule is CSCCC(C)N1CCCC(N)C1=O. The van der Waals surface area contributed by atoms with Crippen molar-refractivity contribution in [1.29, 1.82) is 0 Å². The normalized spacial score (nSPS) is 25.2. The van der Waals surface area contributed by atoms with E-state index in [1.807, 2.05) is 16.7 Å². The molecule has 1 aliphatic rings. The first-order chi connectivity index (χ1) is 6.66. The zero-order valence-electron chi connectivity index (χ0n) is 9.03. The third-order valence-corrected chi connectivity index (χ3v) is 3.43. The van der Waals surface area contributed by atoms with Crippen LogP contribution in [-0.2, 0) is 4.79 Å². The van der Waals surface area contributed by atoms with Crippen LogP contribution in [-0.4, -0.2) is 41.4 Å². The van der Waals surface area contributed by atoms with Gasteiger partial charge in [-0.3, -0.25) is 4.79 Å². The lowest BCUT2D eigenvalue weighted by atomic mass is 10.0. The molecule has 1 saturated heterocycles. The number of hydrogen-bond acceptors (Lipinski definition) is 3. The van der Waals surface area contributed by atoms with E-state index in [0.29, 0.717) is 6.04 Å². The number of thioether (sulfide) groups is 1. The molecule has 1 heterocycles. The quantitative estimate of drug-likeness (QED) is 0.765. The molecule has 4 heteroatoms. The van der Waals surface area contributed by atoms with Crippen molar-refractivity contribution < 1.29 is 4.79 Å². The highest BCUT2D eigenvalue weighted by Gasteiger charge is 2.28. The molecular formula is C10H20N2OS. The van der Waals surface area contributed by atoms with E-state index in [1.54, 1.807) is 0 Å². The summed E-state index contributed by atoms with van der Waals surface area (Å²) in [4.78, 5) is 13.7. The highest BCUT2D eigenvalue weighted by molar-refractivity contribution is 7.98. The third kappa shape index (κ3) is 2.89. The van der Waals surface area contributed by atoms with Crippen molar-refractivity contribution in [3.63, 3.8) is 0 Å². The second-order valence-electron chi connectivity index (χ2n) is 3.91. The van der Waals surface area contributed by atoms with Crippen molar-refractivity contribution in [2.24, 2.45) is 5.73 Å². The Kier molecular flexibility index (Phi) is 4.75. The van der Waals surface area contributed by atoms with Gasteiger partial charge >= 0.3 is 0 Å². The van der Waals surface area contributed by atoms with Gasteiger partial charge in [0.15, 0.2) is 0 Å². The predicted molar refractivity (Wildman–Crippen MR) is 61.4 cm³/mol. The summed E-state index contributed by atoms with van der Waals surface area (Å²) in [7, 11) is 0. The second-order valence-corrected chi connectivity index (χ2v) is 4.90. The smallest absolute Gasteiger partial charge is 0.239 e. The van der Waals surface area contributed by atoms with Crippen LogP contribution < -0.4 is 5.73 Å². The van der Waals surface area contributed by atoms with Gasteiger partial charge in [0, 0.05) is 12.6 Å². The van der Waals surface area contributed by atoms with Crippen LogP contribution in [0, 0.1) is 0 Å². The molecule has 1 aliphatic heterocycles. The summed E-state index contributed by atoms with van der Waals surface area (Å²) in [5, 5.41) is 0. The van der Waals surface area contributed by atoms with Crippen LogP contribution >= 0.6 is 11.8 Å². The summed E-state index contributed by atoms with van der Waals surface area (Å²) in [6, 6.07) is 0.0989. The van der Waals surface area contributed by atoms with Gasteiger partial charge in [0.05, 0.1) is 6.04 Å². The highest BCUT2D eigenvalue weighted by atomic mass is 32.2. The summed E-state index contributed by atoms with van der Waals surface area (Å²) in [6.07, 6.45) is 5.07. The van der Waals surface area contributed by atoms with E-state index >= 15 is 0 Å². The first-order valence-electron chi connectivity index (χ1n) is 5.21. The first kappa shape index (κ1) is 11.9. The molecule has 82 valence electrons. The van der Waals surface area contributed by atoms with Crippen LogP contribution in [0.3, 0.4) is 0 Å². The van der Waals surface area contributed by atoms with Gasteiger partial charge in [-0.1, -0.05) is 0 Å². The minimum atomic E-state index is -0.250. The third-order valence-electron chi connectivity index (χ3n) is 2.79. The average molecular weight is 216 g/mol. The summed E-state index contributed by atoms with van der Waals surface area (Å²) < 4.78 is 0. The Bertz CT molecular complexity index is 199. The van der Waals surface area contributed by atoms with Crippen LogP contribution in [0.5, 0.6) is 0 Å². The molecule has 0 aromatic heterocycles. The molecule has 0 aromatic rings. The Morgan fingerprint density at radius 2 is 2.43 bits per heavy atom. The largest absolute Gasteiger partial charge is 0.339 e. The molecule has 0 radical (unpaired) electrons. The molecule has 0 spiro atoms. The number of piperidine rings is 1. The summed E-state index contributed by atoms with van der Waals surface area (Å²) in [5.41, 5.74) is 5.74. The molecule has 0 bridgehead atoms. The number of likely N-dealkylation sites (tertiary alicyclic amines) is 1. The molecular weight excluding hydrogens is 196 g/mol. The zero-order valence-corrected chi connectivity index (χ0v) is 9.85. The topological polar surface area (TPSA) is 46.3 Å². The Morgan fingerprint density at radius 1 is 1.71 bits per heavy atom. The summed E-state index contributed by atoms with van der Waals surface area (Å²) in [6.45, 7) is 3.01. The lowest BCUT2D eigenvalue weighted by Crippen LogP contribution is -2.51. The Labute approximate surface area is 90.4 Å². The molecule has 3 nitrogen and oxygen atoms in total. The number of hydrogen-bond donors (Lipinski definition) is 1. The molecule has 0 saturated carbocycles. The van der Waals surface area contributed by atoms with Gasteiger partial charge in [-0.2, -0.15) is 11.8 Å². The van der Waals surface area contributed by atoms with Gasteiger partial charge in [-0.15, -0.1) is 0 Å². The second kappa shape index (κ2) is 5.61. The first-order valence-corrected chi connectivity index (χ1v) is 6.61. The molecule has 2 N–H and O–H groups in total. The van der Waals surface area contributed by atoms with Gasteiger partial charge in [0.2, 0.25) is 5.91 Å². The Balaban J connectivity index is 2.44. The summed E-state index contributed by atoms with van der Waals surface area (Å²) in [5.74, 6) is 1.25.